The van der Waals surface area contributed by atoms with Gasteiger partial charge in [-0.3, -0.25) is 0 Å². The van der Waals surface area contributed by atoms with Gasteiger partial charge < -0.3 is 28.7 Å². The molecular weight excluding hydrogens is 933 g/mol. The van der Waals surface area contributed by atoms with E-state index in [0.717, 1.165) is 113 Å². The maximum atomic E-state index is 5.93. The van der Waals surface area contributed by atoms with E-state index in [1.165, 1.54) is 55.6 Å². The molecule has 76 heavy (non-hydrogen) atoms. The van der Waals surface area contributed by atoms with Crippen LogP contribution in [-0.4, -0.2) is 52.9 Å². The van der Waals surface area contributed by atoms with Crippen molar-refractivity contribution in [2.45, 2.75) is 64.2 Å². The van der Waals surface area contributed by atoms with E-state index in [0.29, 0.717) is 0 Å². The highest BCUT2D eigenvalue weighted by atomic mass is 16.5. The van der Waals surface area contributed by atoms with Gasteiger partial charge in [-0.15, -0.1) is 0 Å². The van der Waals surface area contributed by atoms with Crippen molar-refractivity contribution < 1.29 is 18.9 Å². The van der Waals surface area contributed by atoms with Crippen molar-refractivity contribution in [2.24, 2.45) is 21.7 Å². The zero-order chi connectivity index (χ0) is 51.3. The molecule has 0 amide bonds. The summed E-state index contributed by atoms with van der Waals surface area (Å²) in [6, 6.07) is 72.9. The average molecular weight is 1000 g/mol. The normalized spacial score (nSPS) is 19.8. The number of hydrogen-bond acceptors (Lipinski definition) is 6. The summed E-state index contributed by atoms with van der Waals surface area (Å²) < 4.78 is 23.7. The molecule has 6 heteroatoms. The second kappa shape index (κ2) is 17.9. The fraction of sp³-hybridized carbons (Fsp3) is 0.314. The van der Waals surface area contributed by atoms with E-state index in [9.17, 15) is 0 Å². The van der Waals surface area contributed by atoms with Crippen LogP contribution in [0, 0.1) is 21.7 Å². The molecule has 4 fully saturated rings. The Bertz CT molecular complexity index is 3190. The van der Waals surface area contributed by atoms with Crippen LogP contribution in [-0.2, 0) is 29.8 Å². The first-order valence-corrected chi connectivity index (χ1v) is 27.7. The molecule has 6 nitrogen and oxygen atoms in total. The van der Waals surface area contributed by atoms with Crippen LogP contribution >= 0.6 is 0 Å². The number of benzene rings is 8. The number of rotatable bonds is 15. The molecule has 382 valence electrons. The Morgan fingerprint density at radius 2 is 0.566 bits per heavy atom. The van der Waals surface area contributed by atoms with E-state index in [2.05, 4.69) is 232 Å². The van der Waals surface area contributed by atoms with E-state index in [4.69, 9.17) is 18.9 Å². The van der Waals surface area contributed by atoms with Gasteiger partial charge in [-0.2, -0.15) is 0 Å². The first kappa shape index (κ1) is 47.6. The van der Waals surface area contributed by atoms with Crippen molar-refractivity contribution in [1.29, 1.82) is 0 Å². The van der Waals surface area contributed by atoms with Gasteiger partial charge in [0.2, 0.25) is 0 Å². The Labute approximate surface area is 449 Å². The molecule has 0 N–H and O–H groups in total. The molecule has 4 aliphatic heterocycles. The van der Waals surface area contributed by atoms with E-state index in [-0.39, 0.29) is 32.5 Å². The van der Waals surface area contributed by atoms with E-state index in [1.807, 2.05) is 0 Å². The highest BCUT2D eigenvalue weighted by Gasteiger charge is 2.55. The van der Waals surface area contributed by atoms with Crippen LogP contribution in [0.3, 0.4) is 0 Å². The lowest BCUT2D eigenvalue weighted by molar-refractivity contribution is -0.135. The largest absolute Gasteiger partial charge is 0.380 e. The highest BCUT2D eigenvalue weighted by molar-refractivity contribution is 5.88. The van der Waals surface area contributed by atoms with Crippen molar-refractivity contribution >= 4 is 34.1 Å². The molecule has 8 aromatic rings. The molecular formula is C70H68N2O4. The predicted octanol–water partition coefficient (Wildman–Crippen LogP) is 16.5. The van der Waals surface area contributed by atoms with Gasteiger partial charge in [-0.05, 0) is 154 Å². The highest BCUT2D eigenvalue weighted by Crippen LogP contribution is 2.63. The maximum Gasteiger partial charge on any atom is 0.0542 e. The third kappa shape index (κ3) is 7.89. The fourth-order valence-corrected chi connectivity index (χ4v) is 14.8. The van der Waals surface area contributed by atoms with Crippen LogP contribution in [0.1, 0.15) is 75.6 Å². The van der Waals surface area contributed by atoms with Crippen molar-refractivity contribution in [1.82, 2.24) is 0 Å². The lowest BCUT2D eigenvalue weighted by Crippen LogP contribution is -2.50. The number of nitrogens with zero attached hydrogens (tertiary/aromatic N) is 2. The lowest BCUT2D eigenvalue weighted by Gasteiger charge is -2.50. The molecule has 14 rings (SSSR count). The van der Waals surface area contributed by atoms with Crippen LogP contribution in [0.5, 0.6) is 0 Å². The Morgan fingerprint density at radius 3 is 0.882 bits per heavy atom. The molecule has 0 bridgehead atoms. The van der Waals surface area contributed by atoms with Gasteiger partial charge in [0.05, 0.1) is 52.9 Å². The summed E-state index contributed by atoms with van der Waals surface area (Å²) >= 11 is 0. The standard InChI is InChI=1S/C70H68N2O4/c1-65(41-73-42-65)37-69(38-66(2)43-74-44-66)61-21-13-11-19-57(61)59-33-31-55(35-63(59)69)71(51-15-7-5-8-16-51)53-27-23-49(24-28-53)50-25-29-54(30-26-50)72(52-17-9-6-10-18-52)56-32-34-60-58-20-12-14-22-62(58)70(64(60)36-56,39-67(3)45-75-46-67)40-68(4)47-76-48-68/h5-36H,37-48H2,1-4H3. The smallest absolute Gasteiger partial charge is 0.0542 e. The first-order valence-electron chi connectivity index (χ1n) is 27.7. The zero-order valence-electron chi connectivity index (χ0n) is 44.5. The van der Waals surface area contributed by atoms with Crippen LogP contribution in [0.2, 0.25) is 0 Å². The molecule has 0 spiro atoms. The third-order valence-corrected chi connectivity index (χ3v) is 18.2. The second-order valence-corrected chi connectivity index (χ2v) is 25.1. The molecule has 0 radical (unpaired) electrons. The molecule has 4 saturated heterocycles. The zero-order valence-corrected chi connectivity index (χ0v) is 44.5. The monoisotopic (exact) mass is 1000 g/mol. The summed E-state index contributed by atoms with van der Waals surface area (Å²) in [7, 11) is 0. The van der Waals surface area contributed by atoms with Gasteiger partial charge in [0.25, 0.3) is 0 Å². The van der Waals surface area contributed by atoms with Crippen molar-refractivity contribution in [3.05, 3.63) is 216 Å². The summed E-state index contributed by atoms with van der Waals surface area (Å²) in [4.78, 5) is 4.87. The summed E-state index contributed by atoms with van der Waals surface area (Å²) in [6.45, 7) is 16.1. The van der Waals surface area contributed by atoms with E-state index < -0.39 is 0 Å². The minimum atomic E-state index is -0.168. The number of fused-ring (bicyclic) bond motifs is 6. The van der Waals surface area contributed by atoms with E-state index in [1.54, 1.807) is 0 Å². The molecule has 0 saturated carbocycles. The minimum absolute atomic E-state index is 0.105. The second-order valence-electron chi connectivity index (χ2n) is 25.1. The summed E-state index contributed by atoms with van der Waals surface area (Å²) in [5, 5.41) is 0. The summed E-state index contributed by atoms with van der Waals surface area (Å²) in [5.41, 5.74) is 20.4. The molecule has 8 aromatic carbocycles. The predicted molar refractivity (Wildman–Crippen MR) is 308 cm³/mol. The molecule has 0 atom stereocenters. The van der Waals surface area contributed by atoms with Crippen LogP contribution in [0.25, 0.3) is 33.4 Å². The topological polar surface area (TPSA) is 43.4 Å². The minimum Gasteiger partial charge on any atom is -0.380 e. The molecule has 2 aliphatic carbocycles. The van der Waals surface area contributed by atoms with Gasteiger partial charge in [0.15, 0.2) is 0 Å². The summed E-state index contributed by atoms with van der Waals surface area (Å²) in [5.74, 6) is 0. The quantitative estimate of drug-likeness (QED) is 0.102. The van der Waals surface area contributed by atoms with Crippen LogP contribution in [0.15, 0.2) is 194 Å². The Hall–Kier alpha value is -6.80. The Balaban J connectivity index is 0.814. The average Bonchev–Trinajstić information content (AvgIpc) is 4.05. The maximum absolute atomic E-state index is 5.93. The van der Waals surface area contributed by atoms with Gasteiger partial charge >= 0.3 is 0 Å². The number of anilines is 6. The number of hydrogen-bond donors (Lipinski definition) is 0. The van der Waals surface area contributed by atoms with Crippen molar-refractivity contribution in [3.8, 4) is 33.4 Å². The SMILES string of the molecule is CC1(CC2(CC3(C)COC3)c3ccccc3-c3ccc(N(c4ccccc4)c4ccc(-c5ccc(N(c6ccccc6)c6ccc7c(c6)C(CC6(C)COC6)(CC6(C)COC6)c6ccccc6-7)cc5)cc4)cc32)COC1. The lowest BCUT2D eigenvalue weighted by atomic mass is 9.59. The Morgan fingerprint density at radius 1 is 0.289 bits per heavy atom. The van der Waals surface area contributed by atoms with E-state index >= 15 is 0 Å². The Kier molecular flexibility index (Phi) is 11.2. The van der Waals surface area contributed by atoms with Crippen LogP contribution in [0.4, 0.5) is 34.1 Å². The van der Waals surface area contributed by atoms with Gasteiger partial charge in [0, 0.05) is 66.6 Å². The van der Waals surface area contributed by atoms with Gasteiger partial charge in [-0.1, -0.05) is 149 Å². The first-order chi connectivity index (χ1) is 36.9. The molecule has 6 aliphatic rings. The fourth-order valence-electron chi connectivity index (χ4n) is 14.8. The van der Waals surface area contributed by atoms with Gasteiger partial charge in [0.1, 0.15) is 0 Å². The van der Waals surface area contributed by atoms with Crippen LogP contribution < -0.4 is 9.80 Å². The number of ether oxygens (including phenoxy) is 4. The third-order valence-electron chi connectivity index (χ3n) is 18.2. The number of para-hydroxylation sites is 2. The molecule has 0 aromatic heterocycles. The van der Waals surface area contributed by atoms with Crippen molar-refractivity contribution in [2.75, 3.05) is 62.7 Å². The van der Waals surface area contributed by atoms with Gasteiger partial charge in [-0.25, -0.2) is 0 Å². The summed E-state index contributed by atoms with van der Waals surface area (Å²) in [6.07, 6.45) is 4.16. The molecule has 4 heterocycles. The molecule has 0 unspecified atom stereocenters. The van der Waals surface area contributed by atoms with Crippen molar-refractivity contribution in [3.63, 3.8) is 0 Å².